The number of rotatable bonds is 11. The second-order valence-corrected chi connectivity index (χ2v) is 10.7. The maximum Gasteiger partial charge on any atom is 0.152 e. The predicted molar refractivity (Wildman–Crippen MR) is 149 cm³/mol. The number of aryl methyl sites for hydroxylation is 1. The van der Waals surface area contributed by atoms with Crippen LogP contribution in [0.5, 0.6) is 0 Å². The summed E-state index contributed by atoms with van der Waals surface area (Å²) in [5, 5.41) is 2.44. The summed E-state index contributed by atoms with van der Waals surface area (Å²) in [4.78, 5) is 10.6. The molecule has 0 saturated heterocycles. The lowest BCUT2D eigenvalue weighted by Crippen LogP contribution is -2.26. The van der Waals surface area contributed by atoms with Crippen LogP contribution in [0.4, 0.5) is 0 Å². The molecule has 186 valence electrons. The molecule has 0 aliphatic carbocycles. The highest BCUT2D eigenvalue weighted by Gasteiger charge is 2.21. The zero-order chi connectivity index (χ0) is 24.9. The molecule has 0 unspecified atom stereocenters. The number of hydrogen-bond donors (Lipinski definition) is 1. The van der Waals surface area contributed by atoms with Gasteiger partial charge in [0, 0.05) is 42.3 Å². The van der Waals surface area contributed by atoms with E-state index in [9.17, 15) is 0 Å². The van der Waals surface area contributed by atoms with Gasteiger partial charge in [-0.25, -0.2) is 4.98 Å². The average Bonchev–Trinajstić information content (AvgIpc) is 3.35. The summed E-state index contributed by atoms with van der Waals surface area (Å²) in [5.41, 5.74) is 5.78. The van der Waals surface area contributed by atoms with Crippen molar-refractivity contribution in [2.24, 2.45) is 5.92 Å². The van der Waals surface area contributed by atoms with Gasteiger partial charge in [-0.05, 0) is 55.5 Å². The van der Waals surface area contributed by atoms with Crippen LogP contribution in [-0.4, -0.2) is 26.0 Å². The van der Waals surface area contributed by atoms with Crippen LogP contribution in [0.3, 0.4) is 0 Å². The third-order valence-electron chi connectivity index (χ3n) is 6.64. The molecule has 0 atom stereocenters. The first-order valence-corrected chi connectivity index (χ1v) is 13.4. The summed E-state index contributed by atoms with van der Waals surface area (Å²) in [6.45, 7) is 12.4. The highest BCUT2D eigenvalue weighted by atomic mass is 35.5. The molecule has 4 nitrogen and oxygen atoms in total. The Morgan fingerprint density at radius 1 is 1.09 bits per heavy atom. The van der Waals surface area contributed by atoms with Crippen LogP contribution in [0, 0.1) is 12.8 Å². The Labute approximate surface area is 219 Å². The molecule has 0 saturated carbocycles. The molecule has 35 heavy (non-hydrogen) atoms. The lowest BCUT2D eigenvalue weighted by atomic mass is 10.1. The molecular weight excluding hydrogens is 475 g/mol. The third-order valence-corrected chi connectivity index (χ3v) is 7.26. The molecule has 0 radical (unpaired) electrons. The van der Waals surface area contributed by atoms with E-state index >= 15 is 0 Å². The van der Waals surface area contributed by atoms with Gasteiger partial charge in [0.2, 0.25) is 0 Å². The second kappa shape index (κ2) is 11.6. The molecule has 0 bridgehead atoms. The Balaban J connectivity index is 1.68. The fourth-order valence-corrected chi connectivity index (χ4v) is 5.00. The smallest absolute Gasteiger partial charge is 0.152 e. The Bertz CT molecular complexity index is 1270. The van der Waals surface area contributed by atoms with Crippen LogP contribution in [0.25, 0.3) is 22.3 Å². The summed E-state index contributed by atoms with van der Waals surface area (Å²) < 4.78 is 2.35. The van der Waals surface area contributed by atoms with Gasteiger partial charge in [0.15, 0.2) is 5.15 Å². The average molecular weight is 512 g/mol. The van der Waals surface area contributed by atoms with Crippen molar-refractivity contribution < 1.29 is 0 Å². The van der Waals surface area contributed by atoms with Crippen LogP contribution in [-0.2, 0) is 19.6 Å². The van der Waals surface area contributed by atoms with E-state index in [1.165, 1.54) is 11.1 Å². The molecule has 2 heterocycles. The lowest BCUT2D eigenvalue weighted by Gasteiger charge is -2.25. The number of unbranched alkanes of at least 4 members (excludes halogenated alkanes) is 1. The molecule has 0 fully saturated rings. The maximum absolute atomic E-state index is 6.85. The Morgan fingerprint density at radius 2 is 1.89 bits per heavy atom. The van der Waals surface area contributed by atoms with Crippen LogP contribution in [0.2, 0.25) is 10.2 Å². The van der Waals surface area contributed by atoms with Crippen molar-refractivity contribution in [2.45, 2.75) is 66.6 Å². The Morgan fingerprint density at radius 3 is 2.63 bits per heavy atom. The van der Waals surface area contributed by atoms with Crippen molar-refractivity contribution >= 4 is 34.1 Å². The highest BCUT2D eigenvalue weighted by Crippen LogP contribution is 2.30. The minimum atomic E-state index is 0.609. The van der Waals surface area contributed by atoms with E-state index in [0.717, 1.165) is 78.4 Å². The number of imidazole rings is 1. The van der Waals surface area contributed by atoms with E-state index in [2.05, 4.69) is 84.6 Å². The lowest BCUT2D eigenvalue weighted by molar-refractivity contribution is 0.235. The largest absolute Gasteiger partial charge is 0.360 e. The molecule has 4 rings (SSSR count). The van der Waals surface area contributed by atoms with Crippen LogP contribution in [0.1, 0.15) is 56.9 Å². The molecule has 6 heteroatoms. The molecule has 2 aromatic heterocycles. The minimum absolute atomic E-state index is 0.609. The summed E-state index contributed by atoms with van der Waals surface area (Å²) in [6, 6.07) is 14.9. The maximum atomic E-state index is 6.85. The van der Waals surface area contributed by atoms with Gasteiger partial charge in [-0.3, -0.25) is 4.90 Å². The monoisotopic (exact) mass is 510 g/mol. The molecule has 1 N–H and O–H groups in total. The number of fused-ring (bicyclic) bond motifs is 1. The Hall–Kier alpha value is -2.27. The Kier molecular flexibility index (Phi) is 8.59. The van der Waals surface area contributed by atoms with Crippen molar-refractivity contribution in [3.8, 4) is 11.4 Å². The van der Waals surface area contributed by atoms with Gasteiger partial charge in [0.1, 0.15) is 5.82 Å². The van der Waals surface area contributed by atoms with Gasteiger partial charge in [0.25, 0.3) is 0 Å². The van der Waals surface area contributed by atoms with Gasteiger partial charge >= 0.3 is 0 Å². The molecule has 0 spiro atoms. The molecule has 0 aliphatic heterocycles. The fourth-order valence-electron chi connectivity index (χ4n) is 4.55. The second-order valence-electron chi connectivity index (χ2n) is 9.90. The summed E-state index contributed by atoms with van der Waals surface area (Å²) in [7, 11) is 0. The number of H-pyrrole nitrogens is 1. The fraction of sp³-hybridized carbons (Fsp3) is 0.414. The predicted octanol–water partition coefficient (Wildman–Crippen LogP) is 8.50. The highest BCUT2D eigenvalue weighted by molar-refractivity contribution is 6.35. The van der Waals surface area contributed by atoms with E-state index < -0.39 is 0 Å². The zero-order valence-electron chi connectivity index (χ0n) is 21.2. The molecule has 2 aromatic carbocycles. The number of nitrogens with zero attached hydrogens (tertiary/aromatic N) is 3. The van der Waals surface area contributed by atoms with Crippen LogP contribution in [0.15, 0.2) is 48.7 Å². The summed E-state index contributed by atoms with van der Waals surface area (Å²) >= 11 is 13.2. The molecular formula is C29H36Cl2N4. The number of nitrogens with one attached hydrogen (secondary N) is 1. The number of halogens is 2. The zero-order valence-corrected chi connectivity index (χ0v) is 22.8. The third kappa shape index (κ3) is 6.11. The summed E-state index contributed by atoms with van der Waals surface area (Å²) in [5.74, 6) is 1.60. The number of aromatic amines is 1. The van der Waals surface area contributed by atoms with Crippen LogP contribution >= 0.6 is 23.2 Å². The molecule has 0 amide bonds. The topological polar surface area (TPSA) is 36.9 Å². The number of benzene rings is 2. The quantitative estimate of drug-likeness (QED) is 0.219. The first-order valence-electron chi connectivity index (χ1n) is 12.7. The standard InChI is InChI=1S/C29H36Cl2N4/c1-5-6-14-35-27(28(31)33-29(35)23-10-8-7-9-21(23)4)19-34(15-13-20(2)3)18-22-11-12-26-24(16-22)25(30)17-32-26/h7-12,16-17,20,32H,5-6,13-15,18-19H2,1-4H3. The van der Waals surface area contributed by atoms with E-state index in [1.807, 2.05) is 6.20 Å². The van der Waals surface area contributed by atoms with Crippen molar-refractivity contribution in [3.63, 3.8) is 0 Å². The van der Waals surface area contributed by atoms with Gasteiger partial charge in [0.05, 0.1) is 10.7 Å². The number of hydrogen-bond acceptors (Lipinski definition) is 2. The first kappa shape index (κ1) is 25.8. The van der Waals surface area contributed by atoms with Gasteiger partial charge < -0.3 is 9.55 Å². The van der Waals surface area contributed by atoms with E-state index in [0.29, 0.717) is 11.1 Å². The van der Waals surface area contributed by atoms with E-state index in [-0.39, 0.29) is 0 Å². The van der Waals surface area contributed by atoms with Crippen molar-refractivity contribution in [1.82, 2.24) is 19.4 Å². The van der Waals surface area contributed by atoms with Crippen molar-refractivity contribution in [2.75, 3.05) is 6.54 Å². The van der Waals surface area contributed by atoms with Gasteiger partial charge in [-0.15, -0.1) is 0 Å². The van der Waals surface area contributed by atoms with Gasteiger partial charge in [-0.2, -0.15) is 0 Å². The van der Waals surface area contributed by atoms with Crippen molar-refractivity contribution in [3.05, 3.63) is 75.7 Å². The number of aromatic nitrogens is 3. The van der Waals surface area contributed by atoms with E-state index in [1.54, 1.807) is 0 Å². The van der Waals surface area contributed by atoms with Crippen molar-refractivity contribution in [1.29, 1.82) is 0 Å². The molecule has 0 aliphatic rings. The SMILES string of the molecule is CCCCn1c(-c2ccccc2C)nc(Cl)c1CN(CCC(C)C)Cc1ccc2[nH]cc(Cl)c2c1. The summed E-state index contributed by atoms with van der Waals surface area (Å²) in [6.07, 6.45) is 5.19. The first-order chi connectivity index (χ1) is 16.9. The van der Waals surface area contributed by atoms with E-state index in [4.69, 9.17) is 28.2 Å². The minimum Gasteiger partial charge on any atom is -0.360 e. The van der Waals surface area contributed by atoms with Crippen LogP contribution < -0.4 is 0 Å². The normalized spacial score (nSPS) is 11.9. The van der Waals surface area contributed by atoms with Gasteiger partial charge in [-0.1, -0.05) is 80.7 Å². The molecule has 4 aromatic rings.